The first-order valence-corrected chi connectivity index (χ1v) is 3.99. The summed E-state index contributed by atoms with van der Waals surface area (Å²) in [5.74, 6) is 0.439. The topological polar surface area (TPSA) is 38.1 Å². The van der Waals surface area contributed by atoms with Crippen molar-refractivity contribution >= 4 is 10.9 Å². The summed E-state index contributed by atoms with van der Waals surface area (Å²) in [6, 6.07) is 4.44. The van der Waals surface area contributed by atoms with Gasteiger partial charge in [-0.2, -0.15) is 0 Å². The van der Waals surface area contributed by atoms with Gasteiger partial charge in [-0.15, -0.1) is 0 Å². The van der Waals surface area contributed by atoms with Gasteiger partial charge in [-0.05, 0) is 19.2 Å². The summed E-state index contributed by atoms with van der Waals surface area (Å²) in [5, 5.41) is 7.55. The number of hydrogen-bond donors (Lipinski definition) is 1. The molecule has 13 heavy (non-hydrogen) atoms. The zero-order chi connectivity index (χ0) is 9.26. The molecule has 2 aromatic rings. The minimum Gasteiger partial charge on any atom is -0.359 e. The molecule has 1 heterocycles. The lowest BCUT2D eigenvalue weighted by atomic mass is 10.2. The van der Waals surface area contributed by atoms with Gasteiger partial charge in [-0.3, -0.25) is 0 Å². The fraction of sp³-hybridized carbons (Fsp3) is 0.222. The van der Waals surface area contributed by atoms with Crippen LogP contribution in [0.3, 0.4) is 0 Å². The first kappa shape index (κ1) is 8.19. The van der Waals surface area contributed by atoms with E-state index in [2.05, 4.69) is 10.5 Å². The van der Waals surface area contributed by atoms with E-state index >= 15 is 0 Å². The fourth-order valence-corrected chi connectivity index (χ4v) is 1.26. The SMILES string of the molecule is CNCc1onc2cc(F)ccc12. The largest absolute Gasteiger partial charge is 0.359 e. The van der Waals surface area contributed by atoms with Crippen LogP contribution in [0.15, 0.2) is 22.7 Å². The molecule has 3 nitrogen and oxygen atoms in total. The van der Waals surface area contributed by atoms with Gasteiger partial charge in [0.25, 0.3) is 0 Å². The van der Waals surface area contributed by atoms with E-state index in [-0.39, 0.29) is 5.82 Å². The van der Waals surface area contributed by atoms with E-state index in [1.807, 2.05) is 7.05 Å². The number of benzene rings is 1. The van der Waals surface area contributed by atoms with Gasteiger partial charge >= 0.3 is 0 Å². The van der Waals surface area contributed by atoms with Gasteiger partial charge in [-0.25, -0.2) is 4.39 Å². The van der Waals surface area contributed by atoms with Gasteiger partial charge in [-0.1, -0.05) is 5.16 Å². The van der Waals surface area contributed by atoms with Crippen molar-refractivity contribution in [1.82, 2.24) is 10.5 Å². The van der Waals surface area contributed by atoms with Crippen molar-refractivity contribution in [3.05, 3.63) is 29.8 Å². The predicted octanol–water partition coefficient (Wildman–Crippen LogP) is 1.69. The Morgan fingerprint density at radius 3 is 3.15 bits per heavy atom. The molecule has 0 aliphatic heterocycles. The maximum absolute atomic E-state index is 12.7. The molecule has 2 rings (SSSR count). The van der Waals surface area contributed by atoms with Crippen molar-refractivity contribution in [1.29, 1.82) is 0 Å². The first-order valence-electron chi connectivity index (χ1n) is 3.99. The fourth-order valence-electron chi connectivity index (χ4n) is 1.26. The molecule has 1 aromatic carbocycles. The van der Waals surface area contributed by atoms with Crippen molar-refractivity contribution in [2.75, 3.05) is 7.05 Å². The lowest BCUT2D eigenvalue weighted by Crippen LogP contribution is -2.03. The Kier molecular flexibility index (Phi) is 1.98. The highest BCUT2D eigenvalue weighted by Gasteiger charge is 2.07. The zero-order valence-electron chi connectivity index (χ0n) is 7.17. The summed E-state index contributed by atoms with van der Waals surface area (Å²) in [7, 11) is 1.82. The van der Waals surface area contributed by atoms with Crippen molar-refractivity contribution in [3.63, 3.8) is 0 Å². The minimum absolute atomic E-state index is 0.295. The summed E-state index contributed by atoms with van der Waals surface area (Å²) >= 11 is 0. The molecule has 0 unspecified atom stereocenters. The third-order valence-electron chi connectivity index (χ3n) is 1.85. The van der Waals surface area contributed by atoms with E-state index in [4.69, 9.17) is 4.52 Å². The molecule has 0 radical (unpaired) electrons. The highest BCUT2D eigenvalue weighted by Crippen LogP contribution is 2.18. The van der Waals surface area contributed by atoms with E-state index in [1.54, 1.807) is 6.07 Å². The maximum Gasteiger partial charge on any atom is 0.158 e. The number of hydrogen-bond acceptors (Lipinski definition) is 3. The molecule has 0 fully saturated rings. The Balaban J connectivity index is 2.55. The second-order valence-corrected chi connectivity index (χ2v) is 2.80. The summed E-state index contributed by atoms with van der Waals surface area (Å²) in [5.41, 5.74) is 0.560. The molecule has 0 aliphatic rings. The standard InChI is InChI=1S/C9H9FN2O/c1-11-5-9-7-3-2-6(10)4-8(7)12-13-9/h2-4,11H,5H2,1H3. The van der Waals surface area contributed by atoms with E-state index in [1.165, 1.54) is 12.1 Å². The third kappa shape index (κ3) is 1.40. The molecule has 0 atom stereocenters. The zero-order valence-corrected chi connectivity index (χ0v) is 7.17. The molecule has 0 spiro atoms. The summed E-state index contributed by atoms with van der Waals surface area (Å²) < 4.78 is 17.8. The van der Waals surface area contributed by atoms with Crippen LogP contribution in [0.25, 0.3) is 10.9 Å². The van der Waals surface area contributed by atoms with E-state index < -0.39 is 0 Å². The lowest BCUT2D eigenvalue weighted by Gasteiger charge is -1.92. The first-order chi connectivity index (χ1) is 6.31. The smallest absolute Gasteiger partial charge is 0.158 e. The maximum atomic E-state index is 12.7. The molecule has 1 aromatic heterocycles. The van der Waals surface area contributed by atoms with Gasteiger partial charge < -0.3 is 9.84 Å². The number of fused-ring (bicyclic) bond motifs is 1. The highest BCUT2D eigenvalue weighted by atomic mass is 19.1. The van der Waals surface area contributed by atoms with Gasteiger partial charge in [0.2, 0.25) is 0 Å². The molecular weight excluding hydrogens is 171 g/mol. The Morgan fingerprint density at radius 2 is 2.38 bits per heavy atom. The lowest BCUT2D eigenvalue weighted by molar-refractivity contribution is 0.384. The Labute approximate surface area is 74.5 Å². The van der Waals surface area contributed by atoms with Crippen LogP contribution in [0.2, 0.25) is 0 Å². The predicted molar refractivity (Wildman–Crippen MR) is 46.7 cm³/mol. The van der Waals surface area contributed by atoms with Crippen LogP contribution in [0.1, 0.15) is 5.76 Å². The second kappa shape index (κ2) is 3.14. The van der Waals surface area contributed by atoms with Crippen molar-refractivity contribution in [2.45, 2.75) is 6.54 Å². The number of rotatable bonds is 2. The van der Waals surface area contributed by atoms with Crippen LogP contribution in [0.5, 0.6) is 0 Å². The third-order valence-corrected chi connectivity index (χ3v) is 1.85. The average molecular weight is 180 g/mol. The monoisotopic (exact) mass is 180 g/mol. The minimum atomic E-state index is -0.295. The van der Waals surface area contributed by atoms with Gasteiger partial charge in [0.15, 0.2) is 5.76 Å². The van der Waals surface area contributed by atoms with Gasteiger partial charge in [0.05, 0.1) is 6.54 Å². The quantitative estimate of drug-likeness (QED) is 0.764. The van der Waals surface area contributed by atoms with Crippen molar-refractivity contribution in [3.8, 4) is 0 Å². The Hall–Kier alpha value is -1.42. The van der Waals surface area contributed by atoms with Crippen molar-refractivity contribution in [2.24, 2.45) is 0 Å². The van der Waals surface area contributed by atoms with Crippen LogP contribution in [-0.2, 0) is 6.54 Å². The molecule has 4 heteroatoms. The van der Waals surface area contributed by atoms with Gasteiger partial charge in [0.1, 0.15) is 11.3 Å². The number of aromatic nitrogens is 1. The normalized spacial score (nSPS) is 10.9. The molecule has 0 aliphatic carbocycles. The van der Waals surface area contributed by atoms with Crippen LogP contribution in [0.4, 0.5) is 4.39 Å². The van der Waals surface area contributed by atoms with Crippen LogP contribution >= 0.6 is 0 Å². The molecular formula is C9H9FN2O. The Morgan fingerprint density at radius 1 is 1.54 bits per heavy atom. The molecule has 1 N–H and O–H groups in total. The summed E-state index contributed by atoms with van der Waals surface area (Å²) in [6.45, 7) is 0.599. The Bertz CT molecular complexity index is 424. The van der Waals surface area contributed by atoms with Crippen LogP contribution in [0, 0.1) is 5.82 Å². The van der Waals surface area contributed by atoms with E-state index in [0.717, 1.165) is 11.1 Å². The molecule has 0 saturated carbocycles. The summed E-state index contributed by atoms with van der Waals surface area (Å²) in [6.07, 6.45) is 0. The number of nitrogens with zero attached hydrogens (tertiary/aromatic N) is 1. The average Bonchev–Trinajstić information content (AvgIpc) is 2.49. The molecule has 68 valence electrons. The summed E-state index contributed by atoms with van der Waals surface area (Å²) in [4.78, 5) is 0. The molecule has 0 bridgehead atoms. The molecule has 0 saturated heterocycles. The van der Waals surface area contributed by atoms with Crippen molar-refractivity contribution < 1.29 is 8.91 Å². The van der Waals surface area contributed by atoms with E-state index in [9.17, 15) is 4.39 Å². The van der Waals surface area contributed by atoms with Crippen LogP contribution in [-0.4, -0.2) is 12.2 Å². The van der Waals surface area contributed by atoms with Crippen LogP contribution < -0.4 is 5.32 Å². The molecule has 0 amide bonds. The number of nitrogens with one attached hydrogen (secondary N) is 1. The second-order valence-electron chi connectivity index (χ2n) is 2.80. The number of halogens is 1. The van der Waals surface area contributed by atoms with E-state index in [0.29, 0.717) is 12.1 Å². The van der Waals surface area contributed by atoms with Gasteiger partial charge in [0, 0.05) is 11.5 Å². The highest BCUT2D eigenvalue weighted by molar-refractivity contribution is 5.80.